The van der Waals surface area contributed by atoms with E-state index in [0.29, 0.717) is 18.0 Å². The first-order valence-corrected chi connectivity index (χ1v) is 7.82. The Morgan fingerprint density at radius 3 is 2.38 bits per heavy atom. The van der Waals surface area contributed by atoms with Crippen LogP contribution in [0, 0.1) is 0 Å². The van der Waals surface area contributed by atoms with Crippen LogP contribution in [-0.2, 0) is 11.3 Å². The third-order valence-corrected chi connectivity index (χ3v) is 3.78. The molecule has 0 spiro atoms. The van der Waals surface area contributed by atoms with Crippen molar-refractivity contribution in [3.8, 4) is 11.5 Å². The lowest BCUT2D eigenvalue weighted by Crippen LogP contribution is -2.38. The van der Waals surface area contributed by atoms with Crippen LogP contribution >= 0.6 is 0 Å². The number of nitrogens with one attached hydrogen (secondary N) is 1. The Bertz CT molecular complexity index is 674. The number of hydrogen-bond donors (Lipinski definition) is 1. The van der Waals surface area contributed by atoms with Gasteiger partial charge in [-0.1, -0.05) is 30.3 Å². The van der Waals surface area contributed by atoms with Gasteiger partial charge in [0.05, 0.1) is 14.2 Å². The Morgan fingerprint density at radius 1 is 1.08 bits per heavy atom. The molecule has 128 valence electrons. The van der Waals surface area contributed by atoms with E-state index in [1.54, 1.807) is 19.1 Å². The van der Waals surface area contributed by atoms with Crippen molar-refractivity contribution in [2.75, 3.05) is 26.6 Å². The summed E-state index contributed by atoms with van der Waals surface area (Å²) in [6.07, 6.45) is 0. The van der Waals surface area contributed by atoms with Gasteiger partial charge in [-0.05, 0) is 24.6 Å². The number of amides is 1. The lowest BCUT2D eigenvalue weighted by Gasteiger charge is -2.23. The van der Waals surface area contributed by atoms with Crippen molar-refractivity contribution < 1.29 is 14.3 Å². The highest BCUT2D eigenvalue weighted by molar-refractivity contribution is 5.84. The van der Waals surface area contributed by atoms with Crippen LogP contribution in [0.5, 0.6) is 11.5 Å². The van der Waals surface area contributed by atoms with Crippen LogP contribution in [0.4, 0.5) is 5.69 Å². The molecule has 1 N–H and O–H groups in total. The highest BCUT2D eigenvalue weighted by atomic mass is 16.5. The number of nitrogens with zero attached hydrogens (tertiary/aromatic N) is 1. The maximum atomic E-state index is 12.5. The molecule has 2 aromatic carbocycles. The van der Waals surface area contributed by atoms with Gasteiger partial charge in [0.15, 0.2) is 11.5 Å². The summed E-state index contributed by atoms with van der Waals surface area (Å²) < 4.78 is 10.5. The van der Waals surface area contributed by atoms with Crippen LogP contribution in [0.3, 0.4) is 0 Å². The summed E-state index contributed by atoms with van der Waals surface area (Å²) in [5.41, 5.74) is 1.91. The molecular formula is C19H24N2O3. The number of anilines is 1. The summed E-state index contributed by atoms with van der Waals surface area (Å²) in [4.78, 5) is 14.3. The SMILES string of the molecule is COc1ccc(N[C@@H](C)C(=O)N(C)Cc2ccccc2)cc1OC. The van der Waals surface area contributed by atoms with E-state index in [4.69, 9.17) is 9.47 Å². The number of carbonyl (C=O) groups excluding carboxylic acids is 1. The Labute approximate surface area is 143 Å². The van der Waals surface area contributed by atoms with Crippen molar-refractivity contribution >= 4 is 11.6 Å². The summed E-state index contributed by atoms with van der Waals surface area (Å²) in [6.45, 7) is 2.43. The fourth-order valence-corrected chi connectivity index (χ4v) is 2.50. The third-order valence-electron chi connectivity index (χ3n) is 3.78. The fourth-order valence-electron chi connectivity index (χ4n) is 2.50. The molecule has 1 amide bonds. The third kappa shape index (κ3) is 4.41. The second-order valence-electron chi connectivity index (χ2n) is 5.62. The number of likely N-dealkylation sites (N-methyl/N-ethyl adjacent to an activating group) is 1. The van der Waals surface area contributed by atoms with Gasteiger partial charge in [-0.3, -0.25) is 4.79 Å². The normalized spacial score (nSPS) is 11.5. The quantitative estimate of drug-likeness (QED) is 0.848. The summed E-state index contributed by atoms with van der Waals surface area (Å²) >= 11 is 0. The second kappa shape index (κ2) is 8.24. The van der Waals surface area contributed by atoms with Gasteiger partial charge >= 0.3 is 0 Å². The molecule has 0 unspecified atom stereocenters. The number of methoxy groups -OCH3 is 2. The van der Waals surface area contributed by atoms with E-state index < -0.39 is 0 Å². The van der Waals surface area contributed by atoms with Gasteiger partial charge in [0.2, 0.25) is 5.91 Å². The van der Waals surface area contributed by atoms with Crippen LogP contribution in [0.25, 0.3) is 0 Å². The summed E-state index contributed by atoms with van der Waals surface area (Å²) in [7, 11) is 4.99. The number of hydrogen-bond acceptors (Lipinski definition) is 4. The van der Waals surface area contributed by atoms with E-state index >= 15 is 0 Å². The molecule has 5 heteroatoms. The molecule has 0 heterocycles. The zero-order valence-corrected chi connectivity index (χ0v) is 14.6. The predicted molar refractivity (Wildman–Crippen MR) is 95.5 cm³/mol. The lowest BCUT2D eigenvalue weighted by atomic mass is 10.2. The molecule has 0 aromatic heterocycles. The van der Waals surface area contributed by atoms with Crippen LogP contribution in [0.1, 0.15) is 12.5 Å². The van der Waals surface area contributed by atoms with E-state index in [-0.39, 0.29) is 11.9 Å². The number of benzene rings is 2. The van der Waals surface area contributed by atoms with Crippen molar-refractivity contribution in [3.05, 3.63) is 54.1 Å². The van der Waals surface area contributed by atoms with E-state index in [1.165, 1.54) is 0 Å². The van der Waals surface area contributed by atoms with E-state index in [2.05, 4.69) is 5.32 Å². The number of carbonyl (C=O) groups is 1. The summed E-state index contributed by atoms with van der Waals surface area (Å²) in [5.74, 6) is 1.30. The summed E-state index contributed by atoms with van der Waals surface area (Å²) in [5, 5.41) is 3.21. The summed E-state index contributed by atoms with van der Waals surface area (Å²) in [6, 6.07) is 15.1. The topological polar surface area (TPSA) is 50.8 Å². The molecule has 1 atom stereocenters. The van der Waals surface area contributed by atoms with Crippen molar-refractivity contribution in [3.63, 3.8) is 0 Å². The maximum Gasteiger partial charge on any atom is 0.244 e. The minimum absolute atomic E-state index is 0.0219. The molecule has 0 bridgehead atoms. The van der Waals surface area contributed by atoms with E-state index in [0.717, 1.165) is 11.3 Å². The molecule has 0 saturated carbocycles. The number of ether oxygens (including phenoxy) is 2. The molecule has 2 aromatic rings. The minimum atomic E-state index is -0.350. The van der Waals surface area contributed by atoms with Crippen molar-refractivity contribution in [1.29, 1.82) is 0 Å². The largest absolute Gasteiger partial charge is 0.493 e. The van der Waals surface area contributed by atoms with E-state index in [9.17, 15) is 4.79 Å². The Balaban J connectivity index is 2.00. The smallest absolute Gasteiger partial charge is 0.244 e. The van der Waals surface area contributed by atoms with Gasteiger partial charge in [0, 0.05) is 25.3 Å². The fraction of sp³-hybridized carbons (Fsp3) is 0.316. The second-order valence-corrected chi connectivity index (χ2v) is 5.62. The van der Waals surface area contributed by atoms with E-state index in [1.807, 2.05) is 62.5 Å². The molecular weight excluding hydrogens is 304 g/mol. The van der Waals surface area contributed by atoms with Crippen LogP contribution in [-0.4, -0.2) is 38.1 Å². The molecule has 0 radical (unpaired) electrons. The number of rotatable bonds is 7. The predicted octanol–water partition coefficient (Wildman–Crippen LogP) is 3.16. The first kappa shape index (κ1) is 17.7. The first-order chi connectivity index (χ1) is 11.5. The minimum Gasteiger partial charge on any atom is -0.493 e. The van der Waals surface area contributed by atoms with Gasteiger partial charge in [-0.2, -0.15) is 0 Å². The van der Waals surface area contributed by atoms with Crippen molar-refractivity contribution in [2.24, 2.45) is 0 Å². The van der Waals surface area contributed by atoms with Crippen molar-refractivity contribution in [2.45, 2.75) is 19.5 Å². The van der Waals surface area contributed by atoms with Gasteiger partial charge in [-0.15, -0.1) is 0 Å². The molecule has 0 aliphatic carbocycles. The van der Waals surface area contributed by atoms with Gasteiger partial charge in [0.1, 0.15) is 6.04 Å². The highest BCUT2D eigenvalue weighted by Gasteiger charge is 2.18. The van der Waals surface area contributed by atoms with Crippen LogP contribution in [0.15, 0.2) is 48.5 Å². The van der Waals surface area contributed by atoms with Gasteiger partial charge in [0.25, 0.3) is 0 Å². The zero-order chi connectivity index (χ0) is 17.5. The monoisotopic (exact) mass is 328 g/mol. The molecule has 5 nitrogen and oxygen atoms in total. The maximum absolute atomic E-state index is 12.5. The van der Waals surface area contributed by atoms with Gasteiger partial charge < -0.3 is 19.7 Å². The molecule has 0 aliphatic rings. The zero-order valence-electron chi connectivity index (χ0n) is 14.6. The molecule has 2 rings (SSSR count). The lowest BCUT2D eigenvalue weighted by molar-refractivity contribution is -0.130. The Morgan fingerprint density at radius 2 is 1.75 bits per heavy atom. The molecule has 24 heavy (non-hydrogen) atoms. The molecule has 0 saturated heterocycles. The Hall–Kier alpha value is -2.69. The molecule has 0 fully saturated rings. The first-order valence-electron chi connectivity index (χ1n) is 7.82. The molecule has 0 aliphatic heterocycles. The highest BCUT2D eigenvalue weighted by Crippen LogP contribution is 2.30. The standard InChI is InChI=1S/C19H24N2O3/c1-14(19(22)21(2)13-15-8-6-5-7-9-15)20-16-10-11-17(23-3)18(12-16)24-4/h5-12,14,20H,13H2,1-4H3/t14-/m0/s1. The average molecular weight is 328 g/mol. The Kier molecular flexibility index (Phi) is 6.07. The van der Waals surface area contributed by atoms with Crippen LogP contribution in [0.2, 0.25) is 0 Å². The van der Waals surface area contributed by atoms with Crippen LogP contribution < -0.4 is 14.8 Å². The van der Waals surface area contributed by atoms with Gasteiger partial charge in [-0.25, -0.2) is 0 Å². The average Bonchev–Trinajstić information content (AvgIpc) is 2.61. The van der Waals surface area contributed by atoms with Crippen molar-refractivity contribution in [1.82, 2.24) is 4.90 Å².